The van der Waals surface area contributed by atoms with Crippen molar-refractivity contribution in [2.24, 2.45) is 5.41 Å². The van der Waals surface area contributed by atoms with Gasteiger partial charge in [-0.05, 0) is 84.3 Å². The fourth-order valence-corrected chi connectivity index (χ4v) is 6.49. The number of amides is 2. The van der Waals surface area contributed by atoms with Crippen LogP contribution in [0.3, 0.4) is 0 Å². The van der Waals surface area contributed by atoms with E-state index >= 15 is 0 Å². The summed E-state index contributed by atoms with van der Waals surface area (Å²) >= 11 is 3.34. The zero-order chi connectivity index (χ0) is 28.2. The molecule has 4 aromatic rings. The summed E-state index contributed by atoms with van der Waals surface area (Å²) in [4.78, 5) is 54.6. The predicted molar refractivity (Wildman–Crippen MR) is 155 cm³/mol. The van der Waals surface area contributed by atoms with Crippen LogP contribution < -0.4 is 5.32 Å². The van der Waals surface area contributed by atoms with E-state index in [2.05, 4.69) is 43.1 Å². The lowest BCUT2D eigenvalue weighted by atomic mass is 9.66. The average Bonchev–Trinajstić information content (AvgIpc) is 3.37. The highest BCUT2D eigenvalue weighted by molar-refractivity contribution is 9.10. The summed E-state index contributed by atoms with van der Waals surface area (Å²) in [5.74, 6) is 0.664. The molecule has 204 valence electrons. The van der Waals surface area contributed by atoms with E-state index in [1.807, 2.05) is 29.7 Å². The Morgan fingerprint density at radius 3 is 2.58 bits per heavy atom. The number of hydrogen-bond acceptors (Lipinski definition) is 6. The van der Waals surface area contributed by atoms with Crippen LogP contribution in [0.1, 0.15) is 49.3 Å². The van der Waals surface area contributed by atoms with Gasteiger partial charge in [0.25, 0.3) is 0 Å². The molecule has 3 atom stereocenters. The summed E-state index contributed by atoms with van der Waals surface area (Å²) in [5, 5.41) is 3.66. The fraction of sp³-hybridized carbons (Fsp3) is 0.333. The van der Waals surface area contributed by atoms with Crippen molar-refractivity contribution in [1.82, 2.24) is 24.4 Å². The Hall–Kier alpha value is -3.92. The van der Waals surface area contributed by atoms with E-state index in [9.17, 15) is 14.4 Å². The van der Waals surface area contributed by atoms with Crippen LogP contribution in [-0.2, 0) is 16.1 Å². The second-order valence-corrected chi connectivity index (χ2v) is 11.9. The maximum absolute atomic E-state index is 13.9. The Kier molecular flexibility index (Phi) is 6.53. The van der Waals surface area contributed by atoms with Crippen LogP contribution in [-0.4, -0.2) is 54.1 Å². The van der Waals surface area contributed by atoms with Crippen molar-refractivity contribution >= 4 is 50.2 Å². The second kappa shape index (κ2) is 9.92. The Morgan fingerprint density at radius 2 is 1.90 bits per heavy atom. The lowest BCUT2D eigenvalue weighted by Gasteiger charge is -2.44. The van der Waals surface area contributed by atoms with E-state index < -0.39 is 6.04 Å². The molecular formula is C30H29BrN6O3. The van der Waals surface area contributed by atoms with Crippen LogP contribution in [0.4, 0.5) is 5.82 Å². The molecule has 0 radical (unpaired) electrons. The molecule has 0 spiro atoms. The number of hydrogen-bond donors (Lipinski definition) is 1. The molecule has 1 saturated carbocycles. The third kappa shape index (κ3) is 4.60. The number of fused-ring (bicyclic) bond motifs is 2. The normalized spacial score (nSPS) is 21.6. The number of anilines is 1. The Bertz CT molecular complexity index is 1670. The Labute approximate surface area is 240 Å². The molecule has 2 amide bonds. The largest absolute Gasteiger partial charge is 0.337 e. The van der Waals surface area contributed by atoms with E-state index in [0.717, 1.165) is 34.9 Å². The number of aromatic nitrogens is 4. The Balaban J connectivity index is 1.30. The summed E-state index contributed by atoms with van der Waals surface area (Å²) in [5.41, 5.74) is 2.98. The molecule has 40 heavy (non-hydrogen) atoms. The highest BCUT2D eigenvalue weighted by Gasteiger charge is 2.58. The van der Waals surface area contributed by atoms with Crippen LogP contribution in [0.5, 0.6) is 0 Å². The molecule has 1 aliphatic carbocycles. The number of Topliss-reactive ketones (excluding diaryl/α,β-unsaturated/α-hetero) is 1. The summed E-state index contributed by atoms with van der Waals surface area (Å²) in [7, 11) is 0. The molecule has 2 aliphatic rings. The van der Waals surface area contributed by atoms with Gasteiger partial charge in [-0.1, -0.05) is 19.1 Å². The van der Waals surface area contributed by atoms with Gasteiger partial charge in [-0.15, -0.1) is 0 Å². The second-order valence-electron chi connectivity index (χ2n) is 11.0. The number of carbonyl (C=O) groups excluding carboxylic acids is 3. The molecule has 0 bridgehead atoms. The van der Waals surface area contributed by atoms with Crippen molar-refractivity contribution in [2.45, 2.75) is 58.7 Å². The van der Waals surface area contributed by atoms with Gasteiger partial charge in [0.1, 0.15) is 28.8 Å². The fourth-order valence-electron chi connectivity index (χ4n) is 6.15. The minimum absolute atomic E-state index is 0.00784. The third-order valence-corrected chi connectivity index (χ3v) is 8.80. The topological polar surface area (TPSA) is 110 Å². The number of carbonyl (C=O) groups is 3. The number of ketones is 1. The van der Waals surface area contributed by atoms with E-state index in [4.69, 9.17) is 0 Å². The number of aryl methyl sites for hydroxylation is 1. The highest BCUT2D eigenvalue weighted by Crippen LogP contribution is 2.54. The number of nitrogens with one attached hydrogen (secondary N) is 1. The quantitative estimate of drug-likeness (QED) is 0.241. The number of halogens is 1. The molecule has 1 N–H and O–H groups in total. The van der Waals surface area contributed by atoms with Gasteiger partial charge in [0.15, 0.2) is 5.78 Å². The molecule has 4 heterocycles. The van der Waals surface area contributed by atoms with E-state index in [1.54, 1.807) is 41.7 Å². The predicted octanol–water partition coefficient (Wildman–Crippen LogP) is 5.18. The van der Waals surface area contributed by atoms with Gasteiger partial charge in [0.05, 0.1) is 0 Å². The molecule has 1 aliphatic heterocycles. The number of rotatable bonds is 6. The lowest BCUT2D eigenvalue weighted by molar-refractivity contribution is -0.141. The lowest BCUT2D eigenvalue weighted by Crippen LogP contribution is -2.52. The number of nitrogens with zero attached hydrogens (tertiary/aromatic N) is 5. The summed E-state index contributed by atoms with van der Waals surface area (Å²) in [6, 6.07) is 10.5. The van der Waals surface area contributed by atoms with Crippen molar-refractivity contribution in [3.63, 3.8) is 0 Å². The first-order valence-corrected chi connectivity index (χ1v) is 14.1. The molecule has 0 unspecified atom stereocenters. The van der Waals surface area contributed by atoms with Crippen LogP contribution >= 0.6 is 15.9 Å². The first kappa shape index (κ1) is 26.3. The maximum atomic E-state index is 13.9. The zero-order valence-electron chi connectivity index (χ0n) is 22.5. The highest BCUT2D eigenvalue weighted by atomic mass is 79.9. The summed E-state index contributed by atoms with van der Waals surface area (Å²) in [6.07, 6.45) is 7.72. The van der Waals surface area contributed by atoms with Gasteiger partial charge in [-0.3, -0.25) is 14.4 Å². The van der Waals surface area contributed by atoms with E-state index in [-0.39, 0.29) is 35.6 Å². The maximum Gasteiger partial charge on any atom is 0.248 e. The van der Waals surface area contributed by atoms with Gasteiger partial charge in [0.2, 0.25) is 11.8 Å². The third-order valence-electron chi connectivity index (χ3n) is 8.36. The number of benzene rings is 1. The molecule has 9 nitrogen and oxygen atoms in total. The molecule has 1 aromatic carbocycles. The van der Waals surface area contributed by atoms with Crippen LogP contribution in [0.25, 0.3) is 22.0 Å². The molecule has 10 heteroatoms. The van der Waals surface area contributed by atoms with E-state index in [0.29, 0.717) is 28.2 Å². The number of pyridine rings is 1. The van der Waals surface area contributed by atoms with Crippen molar-refractivity contribution in [3.8, 4) is 11.1 Å². The molecule has 2 fully saturated rings. The van der Waals surface area contributed by atoms with Gasteiger partial charge < -0.3 is 14.8 Å². The van der Waals surface area contributed by atoms with Gasteiger partial charge >= 0.3 is 0 Å². The zero-order valence-corrected chi connectivity index (χ0v) is 24.1. The summed E-state index contributed by atoms with van der Waals surface area (Å²) in [6.45, 7) is 5.54. The van der Waals surface area contributed by atoms with Crippen molar-refractivity contribution in [2.75, 3.05) is 5.32 Å². The van der Waals surface area contributed by atoms with Gasteiger partial charge in [-0.2, -0.15) is 0 Å². The minimum atomic E-state index is -0.590. The molecular weight excluding hydrogens is 572 g/mol. The molecule has 1 saturated heterocycles. The SMILES string of the molecule is CC(=O)c1cn(CC(=O)N2[C@H](C(=O)Nc3cccc(Br)n3)C[C@@]3(C)CC[C@@H]23)c2ccc(-c3cnc(C)nc3)cc12. The molecule has 6 rings (SSSR count). The van der Waals surface area contributed by atoms with Crippen molar-refractivity contribution in [3.05, 3.63) is 71.0 Å². The van der Waals surface area contributed by atoms with Crippen molar-refractivity contribution < 1.29 is 14.4 Å². The van der Waals surface area contributed by atoms with Crippen LogP contribution in [0.2, 0.25) is 0 Å². The van der Waals surface area contributed by atoms with Crippen LogP contribution in [0, 0.1) is 12.3 Å². The monoisotopic (exact) mass is 600 g/mol. The van der Waals surface area contributed by atoms with Gasteiger partial charge in [-0.25, -0.2) is 15.0 Å². The number of likely N-dealkylation sites (tertiary alicyclic amines) is 1. The standard InChI is InChI=1S/C30H29BrN6O3/c1-17(38)22-15-36(23-8-7-19(11-21(22)23)20-13-32-18(2)33-14-20)16-28(39)37-24(12-30(3)10-9-25(30)37)29(40)35-27-6-4-5-26(31)34-27/h4-8,11,13-15,24-25H,9-10,12,16H2,1-3H3,(H,34,35,40)/t24-,25+,30+/m0/s1. The van der Waals surface area contributed by atoms with E-state index in [1.165, 1.54) is 6.92 Å². The van der Waals surface area contributed by atoms with Crippen LogP contribution in [0.15, 0.2) is 59.6 Å². The first-order chi connectivity index (χ1) is 19.1. The first-order valence-electron chi connectivity index (χ1n) is 13.3. The smallest absolute Gasteiger partial charge is 0.248 e. The van der Waals surface area contributed by atoms with Gasteiger partial charge in [0, 0.05) is 46.7 Å². The summed E-state index contributed by atoms with van der Waals surface area (Å²) < 4.78 is 2.44. The average molecular weight is 602 g/mol. The Morgan fingerprint density at radius 1 is 1.12 bits per heavy atom. The molecule has 3 aromatic heterocycles. The van der Waals surface area contributed by atoms with Crippen molar-refractivity contribution in [1.29, 1.82) is 0 Å². The minimum Gasteiger partial charge on any atom is -0.337 e.